The molecule has 1 atom stereocenters. The Morgan fingerprint density at radius 3 is 2.62 bits per heavy atom. The Bertz CT molecular complexity index is 313. The summed E-state index contributed by atoms with van der Waals surface area (Å²) in [5.74, 6) is -0.886. The number of halogens is 3. The Labute approximate surface area is 84.1 Å². The smallest absolute Gasteiger partial charge is 0.140 e. The van der Waals surface area contributed by atoms with Crippen LogP contribution in [-0.4, -0.2) is 6.04 Å². The molecule has 0 aliphatic heterocycles. The maximum Gasteiger partial charge on any atom is 0.140 e. The number of benzene rings is 1. The van der Waals surface area contributed by atoms with Crippen LogP contribution in [0.25, 0.3) is 0 Å². The van der Waals surface area contributed by atoms with E-state index in [0.717, 1.165) is 6.07 Å². The van der Waals surface area contributed by atoms with Crippen molar-refractivity contribution in [3.05, 3.63) is 33.8 Å². The Morgan fingerprint density at radius 1 is 1.46 bits per heavy atom. The highest BCUT2D eigenvalue weighted by atomic mass is 79.9. The van der Waals surface area contributed by atoms with Crippen LogP contribution >= 0.6 is 15.9 Å². The minimum absolute atomic E-state index is 0.142. The normalized spacial score (nSPS) is 13.0. The molecule has 0 fully saturated rings. The van der Waals surface area contributed by atoms with E-state index in [4.69, 9.17) is 5.73 Å². The number of hydrogen-bond donors (Lipinski definition) is 1. The third-order valence-corrected chi connectivity index (χ3v) is 2.19. The molecule has 0 aliphatic carbocycles. The summed E-state index contributed by atoms with van der Waals surface area (Å²) in [7, 11) is 0. The Hall–Kier alpha value is -0.480. The fraction of sp³-hybridized carbons (Fsp3) is 0.333. The number of nitrogens with two attached hydrogens (primary N) is 1. The molecule has 72 valence electrons. The zero-order valence-corrected chi connectivity index (χ0v) is 8.74. The van der Waals surface area contributed by atoms with E-state index in [0.29, 0.717) is 12.0 Å². The van der Waals surface area contributed by atoms with Crippen LogP contribution in [0.3, 0.4) is 0 Å². The lowest BCUT2D eigenvalue weighted by molar-refractivity contribution is 0.569. The molecular formula is C9H10BrF2N. The third-order valence-electron chi connectivity index (χ3n) is 1.61. The lowest BCUT2D eigenvalue weighted by Gasteiger charge is -2.07. The summed E-state index contributed by atoms with van der Waals surface area (Å²) in [4.78, 5) is 0. The summed E-state index contributed by atoms with van der Waals surface area (Å²) < 4.78 is 26.2. The van der Waals surface area contributed by atoms with Gasteiger partial charge in [0.05, 0.1) is 4.47 Å². The van der Waals surface area contributed by atoms with E-state index < -0.39 is 11.6 Å². The first kappa shape index (κ1) is 10.6. The van der Waals surface area contributed by atoms with Crippen LogP contribution in [0.5, 0.6) is 0 Å². The highest BCUT2D eigenvalue weighted by Crippen LogP contribution is 2.21. The Morgan fingerprint density at radius 2 is 2.08 bits per heavy atom. The molecule has 2 N–H and O–H groups in total. The summed E-state index contributed by atoms with van der Waals surface area (Å²) in [6.07, 6.45) is 0.336. The number of hydrogen-bond acceptors (Lipinski definition) is 1. The zero-order chi connectivity index (χ0) is 10.0. The van der Waals surface area contributed by atoms with Gasteiger partial charge in [-0.25, -0.2) is 8.78 Å². The molecule has 0 saturated carbocycles. The van der Waals surface area contributed by atoms with E-state index in [9.17, 15) is 8.78 Å². The molecule has 1 unspecified atom stereocenters. The summed E-state index contributed by atoms with van der Waals surface area (Å²) in [6.45, 7) is 1.75. The zero-order valence-electron chi connectivity index (χ0n) is 7.15. The molecule has 4 heteroatoms. The van der Waals surface area contributed by atoms with E-state index in [-0.39, 0.29) is 10.5 Å². The fourth-order valence-corrected chi connectivity index (χ4v) is 1.58. The first-order chi connectivity index (χ1) is 6.00. The lowest BCUT2D eigenvalue weighted by atomic mass is 10.1. The van der Waals surface area contributed by atoms with Crippen LogP contribution in [0, 0.1) is 11.6 Å². The van der Waals surface area contributed by atoms with Crippen molar-refractivity contribution in [2.24, 2.45) is 5.73 Å². The summed E-state index contributed by atoms with van der Waals surface area (Å²) in [5, 5.41) is 0. The second kappa shape index (κ2) is 4.15. The largest absolute Gasteiger partial charge is 0.328 e. The first-order valence-corrected chi connectivity index (χ1v) is 4.69. The van der Waals surface area contributed by atoms with Gasteiger partial charge in [0.25, 0.3) is 0 Å². The second-order valence-electron chi connectivity index (χ2n) is 3.04. The minimum atomic E-state index is -0.455. The maximum atomic E-state index is 13.3. The quantitative estimate of drug-likeness (QED) is 0.802. The molecule has 0 saturated heterocycles. The van der Waals surface area contributed by atoms with Crippen molar-refractivity contribution in [2.75, 3.05) is 0 Å². The average Bonchev–Trinajstić information content (AvgIpc) is 1.98. The standard InChI is InChI=1S/C9H10BrF2N/c1-5(13)2-6-3-7(11)4-8(10)9(6)12/h3-5H,2,13H2,1H3. The molecule has 0 bridgehead atoms. The topological polar surface area (TPSA) is 26.0 Å². The molecule has 0 amide bonds. The van der Waals surface area contributed by atoms with Crippen molar-refractivity contribution < 1.29 is 8.78 Å². The second-order valence-corrected chi connectivity index (χ2v) is 3.90. The Balaban J connectivity index is 3.05. The monoisotopic (exact) mass is 249 g/mol. The highest BCUT2D eigenvalue weighted by Gasteiger charge is 2.10. The van der Waals surface area contributed by atoms with Gasteiger partial charge in [0.1, 0.15) is 11.6 Å². The van der Waals surface area contributed by atoms with E-state index in [2.05, 4.69) is 15.9 Å². The van der Waals surface area contributed by atoms with Gasteiger partial charge in [-0.05, 0) is 47.0 Å². The molecule has 13 heavy (non-hydrogen) atoms. The first-order valence-electron chi connectivity index (χ1n) is 3.89. The van der Waals surface area contributed by atoms with Crippen LogP contribution < -0.4 is 5.73 Å². The van der Waals surface area contributed by atoms with Crippen LogP contribution in [0.2, 0.25) is 0 Å². The van der Waals surface area contributed by atoms with E-state index in [1.165, 1.54) is 6.07 Å². The van der Waals surface area contributed by atoms with E-state index in [1.807, 2.05) is 0 Å². The van der Waals surface area contributed by atoms with Crippen molar-refractivity contribution >= 4 is 15.9 Å². The van der Waals surface area contributed by atoms with E-state index >= 15 is 0 Å². The summed E-state index contributed by atoms with van der Waals surface area (Å²) in [5.41, 5.74) is 5.80. The predicted octanol–water partition coefficient (Wildman–Crippen LogP) is 2.62. The SMILES string of the molecule is CC(N)Cc1cc(F)cc(Br)c1F. The molecule has 0 spiro atoms. The van der Waals surface area contributed by atoms with Gasteiger partial charge in [-0.2, -0.15) is 0 Å². The molecule has 1 aromatic carbocycles. The van der Waals surface area contributed by atoms with Gasteiger partial charge < -0.3 is 5.73 Å². The molecular weight excluding hydrogens is 240 g/mol. The van der Waals surface area contributed by atoms with E-state index in [1.54, 1.807) is 6.92 Å². The fourth-order valence-electron chi connectivity index (χ4n) is 1.10. The summed E-state index contributed by atoms with van der Waals surface area (Å²) >= 11 is 2.93. The molecule has 1 rings (SSSR count). The van der Waals surface area contributed by atoms with Crippen molar-refractivity contribution in [3.63, 3.8) is 0 Å². The van der Waals surface area contributed by atoms with Gasteiger partial charge in [-0.15, -0.1) is 0 Å². The van der Waals surface area contributed by atoms with Gasteiger partial charge in [0.15, 0.2) is 0 Å². The van der Waals surface area contributed by atoms with Crippen molar-refractivity contribution in [1.82, 2.24) is 0 Å². The molecule has 0 radical (unpaired) electrons. The molecule has 0 aliphatic rings. The summed E-state index contributed by atoms with van der Waals surface area (Å²) in [6, 6.07) is 2.09. The third kappa shape index (κ3) is 2.74. The maximum absolute atomic E-state index is 13.3. The molecule has 0 heterocycles. The predicted molar refractivity (Wildman–Crippen MR) is 51.4 cm³/mol. The van der Waals surface area contributed by atoms with Gasteiger partial charge >= 0.3 is 0 Å². The minimum Gasteiger partial charge on any atom is -0.328 e. The van der Waals surface area contributed by atoms with Gasteiger partial charge in [-0.1, -0.05) is 0 Å². The van der Waals surface area contributed by atoms with Crippen LogP contribution in [0.1, 0.15) is 12.5 Å². The van der Waals surface area contributed by atoms with Crippen LogP contribution in [-0.2, 0) is 6.42 Å². The van der Waals surface area contributed by atoms with Crippen molar-refractivity contribution in [1.29, 1.82) is 0 Å². The van der Waals surface area contributed by atoms with Crippen LogP contribution in [0.15, 0.2) is 16.6 Å². The molecule has 1 aromatic rings. The van der Waals surface area contributed by atoms with Crippen molar-refractivity contribution in [3.8, 4) is 0 Å². The number of rotatable bonds is 2. The van der Waals surface area contributed by atoms with Crippen molar-refractivity contribution in [2.45, 2.75) is 19.4 Å². The average molecular weight is 250 g/mol. The lowest BCUT2D eigenvalue weighted by Crippen LogP contribution is -2.18. The Kier molecular flexibility index (Phi) is 3.39. The highest BCUT2D eigenvalue weighted by molar-refractivity contribution is 9.10. The van der Waals surface area contributed by atoms with Gasteiger partial charge in [0, 0.05) is 6.04 Å². The molecule has 1 nitrogen and oxygen atoms in total. The van der Waals surface area contributed by atoms with Crippen LogP contribution in [0.4, 0.5) is 8.78 Å². The molecule has 0 aromatic heterocycles. The van der Waals surface area contributed by atoms with Gasteiger partial charge in [0.2, 0.25) is 0 Å². The van der Waals surface area contributed by atoms with Gasteiger partial charge in [-0.3, -0.25) is 0 Å².